The summed E-state index contributed by atoms with van der Waals surface area (Å²) >= 11 is 0. The van der Waals surface area contributed by atoms with E-state index in [0.29, 0.717) is 5.75 Å². The first kappa shape index (κ1) is 14.2. The number of pyridine rings is 1. The molecule has 106 valence electrons. The van der Waals surface area contributed by atoms with Gasteiger partial charge in [-0.15, -0.1) is 0 Å². The maximum Gasteiger partial charge on any atom is 0.151 e. The Balaban J connectivity index is 2.28. The molecule has 0 aliphatic rings. The molecule has 0 radical (unpaired) electrons. The van der Waals surface area contributed by atoms with Crippen molar-refractivity contribution in [2.24, 2.45) is 0 Å². The first-order valence-corrected chi connectivity index (χ1v) is 6.67. The molecule has 20 heavy (non-hydrogen) atoms. The van der Waals surface area contributed by atoms with Crippen molar-refractivity contribution in [1.82, 2.24) is 4.98 Å². The quantitative estimate of drug-likeness (QED) is 0.895. The molecule has 0 bridgehead atoms. The highest BCUT2D eigenvalue weighted by Crippen LogP contribution is 2.30. The summed E-state index contributed by atoms with van der Waals surface area (Å²) in [6.07, 6.45) is 1.77. The average molecular weight is 271 g/mol. The molecule has 4 heteroatoms. The van der Waals surface area contributed by atoms with Gasteiger partial charge in [0, 0.05) is 25.9 Å². The SMILES string of the molecule is Cc1ccc(O)c(C(C)Nc2cccnc2N(C)C)c1. The molecule has 0 aliphatic carbocycles. The zero-order chi connectivity index (χ0) is 14.7. The molecule has 2 rings (SSSR count). The Morgan fingerprint density at radius 3 is 2.70 bits per heavy atom. The maximum atomic E-state index is 10.00. The number of aromatic hydroxyl groups is 1. The third-order valence-electron chi connectivity index (χ3n) is 3.23. The van der Waals surface area contributed by atoms with Crippen LogP contribution in [0.25, 0.3) is 0 Å². The number of nitrogens with one attached hydrogen (secondary N) is 1. The second-order valence-electron chi connectivity index (χ2n) is 5.20. The number of anilines is 2. The number of rotatable bonds is 4. The summed E-state index contributed by atoms with van der Waals surface area (Å²) in [5.41, 5.74) is 2.97. The van der Waals surface area contributed by atoms with Crippen LogP contribution in [0.15, 0.2) is 36.5 Å². The van der Waals surface area contributed by atoms with Crippen LogP contribution in [0.1, 0.15) is 24.1 Å². The van der Waals surface area contributed by atoms with E-state index < -0.39 is 0 Å². The molecule has 1 aromatic heterocycles. The summed E-state index contributed by atoms with van der Waals surface area (Å²) in [7, 11) is 3.92. The Labute approximate surface area is 120 Å². The van der Waals surface area contributed by atoms with E-state index in [0.717, 1.165) is 22.6 Å². The number of phenols is 1. The van der Waals surface area contributed by atoms with E-state index in [1.165, 1.54) is 0 Å². The highest BCUT2D eigenvalue weighted by Gasteiger charge is 2.13. The van der Waals surface area contributed by atoms with Gasteiger partial charge in [-0.05, 0) is 32.0 Å². The fourth-order valence-electron chi connectivity index (χ4n) is 2.20. The normalized spacial score (nSPS) is 12.0. The molecule has 0 fully saturated rings. The van der Waals surface area contributed by atoms with Crippen LogP contribution in [0.4, 0.5) is 11.5 Å². The molecule has 1 aromatic carbocycles. The summed E-state index contributed by atoms with van der Waals surface area (Å²) in [4.78, 5) is 6.33. The van der Waals surface area contributed by atoms with Gasteiger partial charge in [0.25, 0.3) is 0 Å². The Morgan fingerprint density at radius 2 is 2.00 bits per heavy atom. The first-order valence-electron chi connectivity index (χ1n) is 6.67. The second kappa shape index (κ2) is 5.82. The fourth-order valence-corrected chi connectivity index (χ4v) is 2.20. The molecular formula is C16H21N3O. The summed E-state index contributed by atoms with van der Waals surface area (Å²) in [5, 5.41) is 13.4. The molecule has 0 spiro atoms. The minimum Gasteiger partial charge on any atom is -0.508 e. The zero-order valence-electron chi connectivity index (χ0n) is 12.4. The topological polar surface area (TPSA) is 48.4 Å². The molecule has 0 amide bonds. The van der Waals surface area contributed by atoms with Crippen LogP contribution in [-0.2, 0) is 0 Å². The van der Waals surface area contributed by atoms with E-state index in [9.17, 15) is 5.11 Å². The molecule has 2 aromatic rings. The smallest absolute Gasteiger partial charge is 0.151 e. The van der Waals surface area contributed by atoms with Crippen LogP contribution in [0.3, 0.4) is 0 Å². The Hall–Kier alpha value is -2.23. The largest absolute Gasteiger partial charge is 0.508 e. The highest BCUT2D eigenvalue weighted by molar-refractivity contribution is 5.65. The molecule has 0 saturated carbocycles. The van der Waals surface area contributed by atoms with Crippen molar-refractivity contribution in [3.63, 3.8) is 0 Å². The minimum absolute atomic E-state index is 0.00204. The summed E-state index contributed by atoms with van der Waals surface area (Å²) < 4.78 is 0. The van der Waals surface area contributed by atoms with E-state index in [1.54, 1.807) is 12.3 Å². The number of hydrogen-bond donors (Lipinski definition) is 2. The van der Waals surface area contributed by atoms with Crippen molar-refractivity contribution in [2.45, 2.75) is 19.9 Å². The molecule has 0 aliphatic heterocycles. The van der Waals surface area contributed by atoms with Crippen LogP contribution in [0, 0.1) is 6.92 Å². The molecule has 2 N–H and O–H groups in total. The van der Waals surface area contributed by atoms with Gasteiger partial charge in [-0.3, -0.25) is 0 Å². The van der Waals surface area contributed by atoms with E-state index in [1.807, 2.05) is 57.1 Å². The lowest BCUT2D eigenvalue weighted by Gasteiger charge is -2.21. The van der Waals surface area contributed by atoms with Crippen molar-refractivity contribution in [3.05, 3.63) is 47.7 Å². The van der Waals surface area contributed by atoms with Gasteiger partial charge in [0.1, 0.15) is 5.75 Å². The lowest BCUT2D eigenvalue weighted by atomic mass is 10.0. The molecular weight excluding hydrogens is 250 g/mol. The van der Waals surface area contributed by atoms with E-state index in [-0.39, 0.29) is 6.04 Å². The van der Waals surface area contributed by atoms with Crippen LogP contribution in [0.5, 0.6) is 5.75 Å². The number of hydrogen-bond acceptors (Lipinski definition) is 4. The average Bonchev–Trinajstić information content (AvgIpc) is 2.41. The van der Waals surface area contributed by atoms with Crippen molar-refractivity contribution in [1.29, 1.82) is 0 Å². The van der Waals surface area contributed by atoms with E-state index >= 15 is 0 Å². The van der Waals surface area contributed by atoms with Crippen LogP contribution in [-0.4, -0.2) is 24.2 Å². The fraction of sp³-hybridized carbons (Fsp3) is 0.312. The summed E-state index contributed by atoms with van der Waals surface area (Å²) in [5.74, 6) is 1.19. The van der Waals surface area contributed by atoms with Gasteiger partial charge in [-0.2, -0.15) is 0 Å². The standard InChI is InChI=1S/C16H21N3O/c1-11-7-8-15(20)13(10-11)12(2)18-14-6-5-9-17-16(14)19(3)4/h5-10,12,18,20H,1-4H3. The third kappa shape index (κ3) is 3.02. The number of aromatic nitrogens is 1. The Morgan fingerprint density at radius 1 is 1.25 bits per heavy atom. The van der Waals surface area contributed by atoms with Gasteiger partial charge in [-0.1, -0.05) is 17.7 Å². The van der Waals surface area contributed by atoms with Gasteiger partial charge >= 0.3 is 0 Å². The van der Waals surface area contributed by atoms with Gasteiger partial charge in [0.2, 0.25) is 0 Å². The van der Waals surface area contributed by atoms with E-state index in [4.69, 9.17) is 0 Å². The van der Waals surface area contributed by atoms with Crippen LogP contribution in [0.2, 0.25) is 0 Å². The number of nitrogens with zero attached hydrogens (tertiary/aromatic N) is 2. The molecule has 4 nitrogen and oxygen atoms in total. The number of benzene rings is 1. The van der Waals surface area contributed by atoms with Crippen LogP contribution < -0.4 is 10.2 Å². The van der Waals surface area contributed by atoms with Crippen molar-refractivity contribution in [3.8, 4) is 5.75 Å². The van der Waals surface area contributed by atoms with Crippen molar-refractivity contribution in [2.75, 3.05) is 24.3 Å². The highest BCUT2D eigenvalue weighted by atomic mass is 16.3. The molecule has 1 heterocycles. The zero-order valence-corrected chi connectivity index (χ0v) is 12.4. The van der Waals surface area contributed by atoms with Gasteiger partial charge < -0.3 is 15.3 Å². The van der Waals surface area contributed by atoms with Crippen molar-refractivity contribution < 1.29 is 5.11 Å². The predicted octanol–water partition coefficient (Wildman–Crippen LogP) is 3.33. The maximum absolute atomic E-state index is 10.00. The van der Waals surface area contributed by atoms with Gasteiger partial charge in [-0.25, -0.2) is 4.98 Å². The Bertz CT molecular complexity index is 596. The van der Waals surface area contributed by atoms with Gasteiger partial charge in [0.15, 0.2) is 5.82 Å². The number of phenolic OH excluding ortho intramolecular Hbond substituents is 1. The third-order valence-corrected chi connectivity index (χ3v) is 3.23. The lowest BCUT2D eigenvalue weighted by molar-refractivity contribution is 0.465. The molecule has 1 atom stereocenters. The molecule has 0 saturated heterocycles. The second-order valence-corrected chi connectivity index (χ2v) is 5.20. The Kier molecular flexibility index (Phi) is 4.13. The number of aryl methyl sites for hydroxylation is 1. The predicted molar refractivity (Wildman–Crippen MR) is 83.4 cm³/mol. The lowest BCUT2D eigenvalue weighted by Crippen LogP contribution is -2.15. The van der Waals surface area contributed by atoms with E-state index in [2.05, 4.69) is 10.3 Å². The van der Waals surface area contributed by atoms with Gasteiger partial charge in [0.05, 0.1) is 11.7 Å². The minimum atomic E-state index is -0.00204. The summed E-state index contributed by atoms with van der Waals surface area (Å²) in [6, 6.07) is 9.53. The van der Waals surface area contributed by atoms with Crippen LogP contribution >= 0.6 is 0 Å². The summed E-state index contributed by atoms with van der Waals surface area (Å²) in [6.45, 7) is 4.05. The monoisotopic (exact) mass is 271 g/mol. The molecule has 1 unspecified atom stereocenters. The van der Waals surface area contributed by atoms with Crippen molar-refractivity contribution >= 4 is 11.5 Å². The first-order chi connectivity index (χ1) is 9.49.